The number of hydrogen-bond acceptors (Lipinski definition) is 5. The Kier molecular flexibility index (Phi) is 6.68. The van der Waals surface area contributed by atoms with Crippen LogP contribution in [0.3, 0.4) is 0 Å². The molecule has 2 aromatic carbocycles. The molecule has 12 heteroatoms. The van der Waals surface area contributed by atoms with Gasteiger partial charge in [-0.15, -0.1) is 0 Å². The van der Waals surface area contributed by atoms with Gasteiger partial charge in [-0.1, -0.05) is 0 Å². The molecule has 2 aromatic heterocycles. The van der Waals surface area contributed by atoms with E-state index in [2.05, 4.69) is 25.6 Å². The average molecular weight is 499 g/mol. The number of pyridine rings is 1. The number of rotatable bonds is 6. The first-order valence-electron chi connectivity index (χ1n) is 10.3. The fraction of sp³-hybridized carbons (Fsp3) is 0.0833. The lowest BCUT2D eigenvalue weighted by Gasteiger charge is -2.09. The van der Waals surface area contributed by atoms with Crippen molar-refractivity contribution in [1.82, 2.24) is 20.3 Å². The second-order valence-corrected chi connectivity index (χ2v) is 7.35. The van der Waals surface area contributed by atoms with Crippen LogP contribution in [0.15, 0.2) is 66.9 Å². The van der Waals surface area contributed by atoms with Gasteiger partial charge in [0.05, 0.1) is 5.69 Å². The average Bonchev–Trinajstić information content (AvgIpc) is 3.32. The van der Waals surface area contributed by atoms with E-state index in [1.165, 1.54) is 55.7 Å². The number of carbonyl (C=O) groups is 2. The smallest absolute Gasteiger partial charge is 0.449 e. The van der Waals surface area contributed by atoms with Gasteiger partial charge in [0, 0.05) is 30.6 Å². The fourth-order valence-electron chi connectivity index (χ4n) is 3.16. The molecule has 0 saturated carbocycles. The van der Waals surface area contributed by atoms with Crippen molar-refractivity contribution in [3.05, 3.63) is 89.9 Å². The first kappa shape index (κ1) is 24.4. The zero-order valence-electron chi connectivity index (χ0n) is 18.5. The molecule has 0 spiro atoms. The summed E-state index contributed by atoms with van der Waals surface area (Å²) in [4.78, 5) is 34.0. The zero-order chi connectivity index (χ0) is 25.9. The van der Waals surface area contributed by atoms with E-state index in [-0.39, 0.29) is 28.5 Å². The largest absolute Gasteiger partial charge is 0.457 e. The molecule has 0 unspecified atom stereocenters. The van der Waals surface area contributed by atoms with Crippen molar-refractivity contribution < 1.29 is 31.9 Å². The summed E-state index contributed by atoms with van der Waals surface area (Å²) in [7, 11) is 1.47. The summed E-state index contributed by atoms with van der Waals surface area (Å²) in [6.45, 7) is 0. The third kappa shape index (κ3) is 5.49. The Bertz CT molecular complexity index is 1400. The van der Waals surface area contributed by atoms with E-state index in [9.17, 15) is 27.2 Å². The van der Waals surface area contributed by atoms with Crippen LogP contribution in [0.4, 0.5) is 23.2 Å². The second kappa shape index (κ2) is 9.86. The van der Waals surface area contributed by atoms with Gasteiger partial charge in [0.1, 0.15) is 23.0 Å². The van der Waals surface area contributed by atoms with Crippen molar-refractivity contribution in [1.29, 1.82) is 0 Å². The van der Waals surface area contributed by atoms with Crippen LogP contribution in [0, 0.1) is 5.82 Å². The van der Waals surface area contributed by atoms with E-state index in [1.54, 1.807) is 6.07 Å². The molecular formula is C24H17F4N5O3. The maximum absolute atomic E-state index is 13.3. The van der Waals surface area contributed by atoms with Gasteiger partial charge < -0.3 is 20.4 Å². The van der Waals surface area contributed by atoms with Gasteiger partial charge in [-0.25, -0.2) is 9.37 Å². The van der Waals surface area contributed by atoms with Gasteiger partial charge >= 0.3 is 6.18 Å². The number of ether oxygens (including phenoxy) is 1. The predicted molar refractivity (Wildman–Crippen MR) is 121 cm³/mol. The Labute approximate surface area is 201 Å². The van der Waals surface area contributed by atoms with Crippen molar-refractivity contribution in [3.63, 3.8) is 0 Å². The first-order chi connectivity index (χ1) is 17.1. The molecule has 0 aliphatic carbocycles. The Morgan fingerprint density at radius 1 is 0.944 bits per heavy atom. The summed E-state index contributed by atoms with van der Waals surface area (Å²) in [5.74, 6) is -2.51. The highest BCUT2D eigenvalue weighted by Gasteiger charge is 2.37. The molecule has 0 fully saturated rings. The summed E-state index contributed by atoms with van der Waals surface area (Å²) in [5, 5.41) is 4.94. The Morgan fingerprint density at radius 3 is 2.28 bits per heavy atom. The normalized spacial score (nSPS) is 11.1. The van der Waals surface area contributed by atoms with Gasteiger partial charge in [0.2, 0.25) is 5.82 Å². The third-order valence-electron chi connectivity index (χ3n) is 4.86. The lowest BCUT2D eigenvalue weighted by atomic mass is 10.1. The molecule has 2 amide bonds. The maximum atomic E-state index is 13.3. The summed E-state index contributed by atoms with van der Waals surface area (Å²) < 4.78 is 58.7. The van der Waals surface area contributed by atoms with E-state index in [1.807, 2.05) is 0 Å². The van der Waals surface area contributed by atoms with Gasteiger partial charge in [-0.3, -0.25) is 14.6 Å². The summed E-state index contributed by atoms with van der Waals surface area (Å²) in [6.07, 6.45) is -3.41. The van der Waals surface area contributed by atoms with Gasteiger partial charge in [-0.05, 0) is 54.6 Å². The number of hydrogen-bond donors (Lipinski definition) is 3. The van der Waals surface area contributed by atoms with Crippen molar-refractivity contribution >= 4 is 17.5 Å². The van der Waals surface area contributed by atoms with Gasteiger partial charge in [0.25, 0.3) is 11.8 Å². The number of aromatic amines is 1. The van der Waals surface area contributed by atoms with E-state index >= 15 is 0 Å². The summed E-state index contributed by atoms with van der Waals surface area (Å²) in [6, 6.07) is 13.6. The minimum atomic E-state index is -4.82. The van der Waals surface area contributed by atoms with Crippen LogP contribution in [0.25, 0.3) is 11.3 Å². The van der Waals surface area contributed by atoms with Crippen molar-refractivity contribution in [3.8, 4) is 22.8 Å². The maximum Gasteiger partial charge on any atom is 0.449 e. The van der Waals surface area contributed by atoms with Gasteiger partial charge in [-0.2, -0.15) is 13.2 Å². The summed E-state index contributed by atoms with van der Waals surface area (Å²) >= 11 is 0. The molecule has 0 bridgehead atoms. The second-order valence-electron chi connectivity index (χ2n) is 7.35. The molecule has 8 nitrogen and oxygen atoms in total. The van der Waals surface area contributed by atoms with Crippen molar-refractivity contribution in [2.75, 3.05) is 12.4 Å². The van der Waals surface area contributed by atoms with Crippen LogP contribution in [0.5, 0.6) is 11.5 Å². The SMILES string of the molecule is CNC(=O)c1cc(Oc2ccc(NC(=O)c3nc(C(F)(F)F)[nH]c3-c3ccc(F)cc3)cc2)ccn1. The molecule has 4 aromatic rings. The number of benzene rings is 2. The topological polar surface area (TPSA) is 109 Å². The Balaban J connectivity index is 1.53. The lowest BCUT2D eigenvalue weighted by molar-refractivity contribution is -0.144. The van der Waals surface area contributed by atoms with Crippen LogP contribution in [-0.2, 0) is 6.18 Å². The predicted octanol–water partition coefficient (Wildman–Crippen LogP) is 5.03. The highest BCUT2D eigenvalue weighted by atomic mass is 19.4. The number of nitrogens with one attached hydrogen (secondary N) is 3. The van der Waals surface area contributed by atoms with Crippen molar-refractivity contribution in [2.45, 2.75) is 6.18 Å². The zero-order valence-corrected chi connectivity index (χ0v) is 18.5. The number of H-pyrrole nitrogens is 1. The molecule has 0 saturated heterocycles. The van der Waals surface area contributed by atoms with E-state index < -0.39 is 29.4 Å². The first-order valence-corrected chi connectivity index (χ1v) is 10.3. The van der Waals surface area contributed by atoms with E-state index in [0.717, 1.165) is 12.1 Å². The standard InChI is InChI=1S/C24H17F4N5O3/c1-29-21(34)18-12-17(10-11-30-18)36-16-8-6-15(7-9-16)31-22(35)20-19(13-2-4-14(25)5-3-13)32-23(33-20)24(26,27)28/h2-12H,1H3,(H,29,34)(H,31,35)(H,32,33). The number of alkyl halides is 3. The van der Waals surface area contributed by atoms with Crippen LogP contribution in [0.1, 0.15) is 26.8 Å². The lowest BCUT2D eigenvalue weighted by Crippen LogP contribution is -2.18. The minimum Gasteiger partial charge on any atom is -0.457 e. The molecular weight excluding hydrogens is 482 g/mol. The fourth-order valence-corrected chi connectivity index (χ4v) is 3.16. The Hall–Kier alpha value is -4.74. The molecule has 0 aliphatic rings. The van der Waals surface area contributed by atoms with Crippen LogP contribution in [-0.4, -0.2) is 33.8 Å². The number of imidazole rings is 1. The molecule has 2 heterocycles. The third-order valence-corrected chi connectivity index (χ3v) is 4.86. The molecule has 184 valence electrons. The summed E-state index contributed by atoms with van der Waals surface area (Å²) in [5.41, 5.74) is -0.137. The molecule has 0 radical (unpaired) electrons. The van der Waals surface area contributed by atoms with Crippen molar-refractivity contribution in [2.24, 2.45) is 0 Å². The van der Waals surface area contributed by atoms with Crippen LogP contribution < -0.4 is 15.4 Å². The molecule has 3 N–H and O–H groups in total. The number of nitrogens with zero attached hydrogens (tertiary/aromatic N) is 2. The number of aromatic nitrogens is 3. The number of carbonyl (C=O) groups excluding carboxylic acids is 2. The minimum absolute atomic E-state index is 0.154. The van der Waals surface area contributed by atoms with E-state index in [4.69, 9.17) is 4.74 Å². The quantitative estimate of drug-likeness (QED) is 0.323. The monoisotopic (exact) mass is 499 g/mol. The molecule has 4 rings (SSSR count). The van der Waals surface area contributed by atoms with E-state index in [0.29, 0.717) is 11.5 Å². The number of amides is 2. The van der Waals surface area contributed by atoms with Crippen LogP contribution in [0.2, 0.25) is 0 Å². The van der Waals surface area contributed by atoms with Crippen LogP contribution >= 0.6 is 0 Å². The highest BCUT2D eigenvalue weighted by Crippen LogP contribution is 2.32. The Morgan fingerprint density at radius 2 is 1.64 bits per heavy atom. The van der Waals surface area contributed by atoms with Gasteiger partial charge in [0.15, 0.2) is 5.69 Å². The molecule has 0 aliphatic heterocycles. The molecule has 36 heavy (non-hydrogen) atoms. The molecule has 0 atom stereocenters. The highest BCUT2D eigenvalue weighted by molar-refractivity contribution is 6.06. The number of halogens is 4. The number of anilines is 1.